The van der Waals surface area contributed by atoms with Gasteiger partial charge in [0.1, 0.15) is 5.82 Å². The fraction of sp³-hybridized carbons (Fsp3) is 0.609. The first-order chi connectivity index (χ1) is 14.9. The molecule has 31 heavy (non-hydrogen) atoms. The van der Waals surface area contributed by atoms with E-state index in [-0.39, 0.29) is 23.6 Å². The number of hydrogen-bond acceptors (Lipinski definition) is 6. The molecule has 1 aromatic carbocycles. The number of amides is 1. The SMILES string of the molecule is O=C(CCCCCCC1[C@@H](CCC(O)c2cc3c(F)cccc3s2)[C@H](O)C[C@@H]1O)NO. The Labute approximate surface area is 185 Å². The third kappa shape index (κ3) is 6.23. The normalized spacial score (nSPS) is 24.5. The molecule has 5 N–H and O–H groups in total. The predicted molar refractivity (Wildman–Crippen MR) is 117 cm³/mol. The summed E-state index contributed by atoms with van der Waals surface area (Å²) in [5.74, 6) is -0.758. The molecule has 6 nitrogen and oxygen atoms in total. The average Bonchev–Trinajstić information content (AvgIpc) is 3.30. The lowest BCUT2D eigenvalue weighted by atomic mass is 9.84. The van der Waals surface area contributed by atoms with Gasteiger partial charge in [0.2, 0.25) is 5.91 Å². The molecule has 0 radical (unpaired) electrons. The van der Waals surface area contributed by atoms with Gasteiger partial charge in [0, 0.05) is 21.4 Å². The zero-order chi connectivity index (χ0) is 22.4. The van der Waals surface area contributed by atoms with Gasteiger partial charge in [-0.2, -0.15) is 0 Å². The molecule has 1 aliphatic carbocycles. The van der Waals surface area contributed by atoms with Crippen LogP contribution in [-0.2, 0) is 4.79 Å². The second-order valence-electron chi connectivity index (χ2n) is 8.58. The van der Waals surface area contributed by atoms with Crippen molar-refractivity contribution in [1.29, 1.82) is 0 Å². The van der Waals surface area contributed by atoms with Crippen molar-refractivity contribution in [2.45, 2.75) is 76.1 Å². The van der Waals surface area contributed by atoms with Gasteiger partial charge < -0.3 is 15.3 Å². The Morgan fingerprint density at radius 3 is 2.55 bits per heavy atom. The van der Waals surface area contributed by atoms with E-state index in [2.05, 4.69) is 0 Å². The first-order valence-corrected chi connectivity index (χ1v) is 11.9. The maximum Gasteiger partial charge on any atom is 0.243 e. The third-order valence-corrected chi connectivity index (χ3v) is 7.67. The molecule has 1 amide bonds. The molecule has 2 unspecified atom stereocenters. The molecule has 1 heterocycles. The zero-order valence-electron chi connectivity index (χ0n) is 17.5. The summed E-state index contributed by atoms with van der Waals surface area (Å²) in [6, 6.07) is 6.61. The van der Waals surface area contributed by atoms with E-state index in [0.29, 0.717) is 37.5 Å². The fourth-order valence-corrected chi connectivity index (χ4v) is 5.86. The molecular weight excluding hydrogens is 421 g/mol. The van der Waals surface area contributed by atoms with Gasteiger partial charge in [0.05, 0.1) is 18.3 Å². The molecule has 0 saturated heterocycles. The molecule has 0 aliphatic heterocycles. The number of carbonyl (C=O) groups is 1. The lowest BCUT2D eigenvalue weighted by Gasteiger charge is -2.24. The van der Waals surface area contributed by atoms with Crippen molar-refractivity contribution in [3.05, 3.63) is 35.0 Å². The molecule has 1 aliphatic rings. The van der Waals surface area contributed by atoms with Crippen molar-refractivity contribution in [3.8, 4) is 0 Å². The number of carbonyl (C=O) groups excluding carboxylic acids is 1. The number of thiophene rings is 1. The molecule has 1 fully saturated rings. The summed E-state index contributed by atoms with van der Waals surface area (Å²) < 4.78 is 14.7. The summed E-state index contributed by atoms with van der Waals surface area (Å²) >= 11 is 1.38. The third-order valence-electron chi connectivity index (χ3n) is 6.47. The van der Waals surface area contributed by atoms with Crippen LogP contribution in [0.15, 0.2) is 24.3 Å². The first kappa shape index (κ1) is 24.1. The Morgan fingerprint density at radius 1 is 1.13 bits per heavy atom. The zero-order valence-corrected chi connectivity index (χ0v) is 18.4. The van der Waals surface area contributed by atoms with Gasteiger partial charge in [-0.3, -0.25) is 10.0 Å². The number of aliphatic hydroxyl groups excluding tert-OH is 3. The highest BCUT2D eigenvalue weighted by Gasteiger charge is 2.41. The average molecular weight is 454 g/mol. The lowest BCUT2D eigenvalue weighted by molar-refractivity contribution is -0.129. The molecular formula is C23H32FNO5S. The second kappa shape index (κ2) is 11.3. The van der Waals surface area contributed by atoms with Crippen LogP contribution in [0.4, 0.5) is 4.39 Å². The molecule has 8 heteroatoms. The van der Waals surface area contributed by atoms with Crippen LogP contribution in [0.5, 0.6) is 0 Å². The number of rotatable bonds is 11. The summed E-state index contributed by atoms with van der Waals surface area (Å²) in [5.41, 5.74) is 1.62. The van der Waals surface area contributed by atoms with Crippen molar-refractivity contribution < 1.29 is 29.7 Å². The van der Waals surface area contributed by atoms with Gasteiger partial charge in [-0.1, -0.05) is 25.3 Å². The number of benzene rings is 1. The largest absolute Gasteiger partial charge is 0.393 e. The van der Waals surface area contributed by atoms with Gasteiger partial charge in [0.15, 0.2) is 0 Å². The maximum absolute atomic E-state index is 13.9. The van der Waals surface area contributed by atoms with Crippen molar-refractivity contribution >= 4 is 27.3 Å². The number of hydrogen-bond donors (Lipinski definition) is 5. The van der Waals surface area contributed by atoms with Gasteiger partial charge in [-0.25, -0.2) is 9.87 Å². The summed E-state index contributed by atoms with van der Waals surface area (Å²) in [5, 5.41) is 40.5. The highest BCUT2D eigenvalue weighted by Crippen LogP contribution is 2.41. The van der Waals surface area contributed by atoms with E-state index < -0.39 is 18.3 Å². The maximum atomic E-state index is 13.9. The second-order valence-corrected chi connectivity index (χ2v) is 9.69. The summed E-state index contributed by atoms with van der Waals surface area (Å²) in [6.07, 6.45) is 4.02. The monoisotopic (exact) mass is 453 g/mol. The molecule has 1 saturated carbocycles. The van der Waals surface area contributed by atoms with E-state index in [1.165, 1.54) is 17.4 Å². The van der Waals surface area contributed by atoms with E-state index in [1.54, 1.807) is 17.6 Å². The van der Waals surface area contributed by atoms with Crippen LogP contribution in [0, 0.1) is 17.7 Å². The molecule has 0 bridgehead atoms. The minimum Gasteiger partial charge on any atom is -0.393 e. The Bertz CT molecular complexity index is 860. The van der Waals surface area contributed by atoms with Crippen LogP contribution in [0.3, 0.4) is 0 Å². The van der Waals surface area contributed by atoms with Crippen LogP contribution in [-0.4, -0.2) is 38.6 Å². The van der Waals surface area contributed by atoms with Crippen molar-refractivity contribution in [3.63, 3.8) is 0 Å². The van der Waals surface area contributed by atoms with Gasteiger partial charge >= 0.3 is 0 Å². The van der Waals surface area contributed by atoms with E-state index in [9.17, 15) is 24.5 Å². The number of hydroxylamine groups is 1. The predicted octanol–water partition coefficient (Wildman–Crippen LogP) is 4.06. The Balaban J connectivity index is 1.48. The molecule has 2 aromatic rings. The van der Waals surface area contributed by atoms with Gasteiger partial charge in [-0.05, 0) is 62.1 Å². The van der Waals surface area contributed by atoms with Crippen LogP contribution < -0.4 is 5.48 Å². The van der Waals surface area contributed by atoms with Gasteiger partial charge in [-0.15, -0.1) is 11.3 Å². The van der Waals surface area contributed by atoms with Crippen LogP contribution in [0.25, 0.3) is 10.1 Å². The quantitative estimate of drug-likeness (QED) is 0.200. The standard InChI is InChI=1S/C23H32FNO5S/c24-17-7-5-8-21-16(17)12-22(31-21)18(26)11-10-15-14(19(27)13-20(15)28)6-3-1-2-4-9-23(29)25-30/h5,7-8,12,14-15,18-20,26-28,30H,1-4,6,9-11,13H2,(H,25,29)/t14?,15-,18?,19+,20-/m1/s1. The highest BCUT2D eigenvalue weighted by molar-refractivity contribution is 7.19. The molecule has 0 spiro atoms. The molecule has 172 valence electrons. The number of unbranched alkanes of at least 4 members (excludes halogenated alkanes) is 3. The van der Waals surface area contributed by atoms with Crippen molar-refractivity contribution in [1.82, 2.24) is 5.48 Å². The minimum atomic E-state index is -0.722. The van der Waals surface area contributed by atoms with Crippen LogP contribution in [0.2, 0.25) is 0 Å². The van der Waals surface area contributed by atoms with Crippen molar-refractivity contribution in [2.24, 2.45) is 11.8 Å². The number of aliphatic hydroxyl groups is 3. The molecule has 3 rings (SSSR count). The summed E-state index contributed by atoms with van der Waals surface area (Å²) in [6.45, 7) is 0. The highest BCUT2D eigenvalue weighted by atomic mass is 32.1. The molecule has 1 aromatic heterocycles. The smallest absolute Gasteiger partial charge is 0.243 e. The topological polar surface area (TPSA) is 110 Å². The van der Waals surface area contributed by atoms with E-state index in [1.807, 2.05) is 6.07 Å². The van der Waals surface area contributed by atoms with E-state index >= 15 is 0 Å². The number of halogens is 1. The number of nitrogens with one attached hydrogen (secondary N) is 1. The van der Waals surface area contributed by atoms with Crippen LogP contribution in [0.1, 0.15) is 68.8 Å². The summed E-state index contributed by atoms with van der Waals surface area (Å²) in [7, 11) is 0. The Kier molecular flexibility index (Phi) is 8.80. The van der Waals surface area contributed by atoms with E-state index in [4.69, 9.17) is 5.21 Å². The number of fused-ring (bicyclic) bond motifs is 1. The lowest BCUT2D eigenvalue weighted by Crippen LogP contribution is -2.23. The molecule has 5 atom stereocenters. The summed E-state index contributed by atoms with van der Waals surface area (Å²) in [4.78, 5) is 11.7. The van der Waals surface area contributed by atoms with Crippen molar-refractivity contribution in [2.75, 3.05) is 0 Å². The van der Waals surface area contributed by atoms with Crippen LogP contribution >= 0.6 is 11.3 Å². The minimum absolute atomic E-state index is 0.0113. The fourth-order valence-electron chi connectivity index (χ4n) is 4.76. The van der Waals surface area contributed by atoms with E-state index in [0.717, 1.165) is 35.3 Å². The van der Waals surface area contributed by atoms with Gasteiger partial charge in [0.25, 0.3) is 0 Å². The first-order valence-electron chi connectivity index (χ1n) is 11.1. The Hall–Kier alpha value is -1.58. The Morgan fingerprint density at radius 2 is 1.84 bits per heavy atom.